The Balaban J connectivity index is 1.60. The first-order valence-corrected chi connectivity index (χ1v) is 13.0. The molecule has 2 aromatic heterocycles. The van der Waals surface area contributed by atoms with E-state index in [1.54, 1.807) is 24.5 Å². The molecule has 1 radical (unpaired) electrons. The van der Waals surface area contributed by atoms with Crippen LogP contribution in [0.4, 0.5) is 16.5 Å². The maximum atomic E-state index is 12.8. The van der Waals surface area contributed by atoms with Gasteiger partial charge in [-0.05, 0) is 6.07 Å². The van der Waals surface area contributed by atoms with Gasteiger partial charge in [0.1, 0.15) is 0 Å². The molecule has 6 nitrogen and oxygen atoms in total. The van der Waals surface area contributed by atoms with Gasteiger partial charge in [0.25, 0.3) is 0 Å². The van der Waals surface area contributed by atoms with E-state index in [0.717, 1.165) is 21.3 Å². The summed E-state index contributed by atoms with van der Waals surface area (Å²) in [5, 5.41) is 1.06. The number of pyridine rings is 1. The maximum absolute atomic E-state index is 12.8. The average Bonchev–Trinajstić information content (AvgIpc) is 3.25. The second kappa shape index (κ2) is 7.23. The predicted octanol–water partition coefficient (Wildman–Crippen LogP) is 4.80. The molecule has 0 fully saturated rings. The quantitative estimate of drug-likeness (QED) is 0.250. The third kappa shape index (κ3) is 2.94. The molecule has 0 saturated heterocycles. The molecule has 2 amide bonds. The number of carbonyl (C=O) groups is 2. The van der Waals surface area contributed by atoms with Gasteiger partial charge in [0, 0.05) is 0 Å². The molecule has 0 atom stereocenters. The van der Waals surface area contributed by atoms with Crippen LogP contribution in [-0.2, 0) is 20.4 Å². The number of benzene rings is 1. The fourth-order valence-corrected chi connectivity index (χ4v) is 7.00. The number of aromatic nitrogens is 1. The molecular weight excluding hydrogens is 523 g/mol. The second-order valence-electron chi connectivity index (χ2n) is 10.2. The molecule has 3 aromatic rings. The van der Waals surface area contributed by atoms with Gasteiger partial charge in [0.2, 0.25) is 0 Å². The third-order valence-electron chi connectivity index (χ3n) is 7.42. The van der Waals surface area contributed by atoms with Gasteiger partial charge < -0.3 is 0 Å². The van der Waals surface area contributed by atoms with Crippen LogP contribution in [0.2, 0.25) is 0 Å². The van der Waals surface area contributed by atoms with Gasteiger partial charge in [-0.15, -0.1) is 0 Å². The van der Waals surface area contributed by atoms with Crippen LogP contribution >= 0.6 is 11.3 Å². The van der Waals surface area contributed by atoms with E-state index in [2.05, 4.69) is 83.9 Å². The van der Waals surface area contributed by atoms with Crippen molar-refractivity contribution in [1.82, 2.24) is 9.88 Å². The number of thiophene rings is 1. The first kappa shape index (κ1) is 22.4. The summed E-state index contributed by atoms with van der Waals surface area (Å²) in [4.78, 5) is 38.7. The molecule has 1 aromatic carbocycles. The fourth-order valence-electron chi connectivity index (χ4n) is 5.38. The number of para-hydroxylation sites is 1. The number of hydrogen-bond acceptors (Lipinski definition) is 5. The standard InChI is InChI=1S/C27H23N4O2SSe/c1-26(2)16-8-6-9-17-20(16)31(21-18(26)10-7-11-28-21)24-19(27(17,3)4)13-14(34-24)12-15-22(32)29-25(35)30(5)23(15)33/h6-13H,1-5H3/b15-12+. The summed E-state index contributed by atoms with van der Waals surface area (Å²) in [7, 11) is 1.61. The Kier molecular flexibility index (Phi) is 4.63. The van der Waals surface area contributed by atoms with E-state index >= 15 is 0 Å². The van der Waals surface area contributed by atoms with Crippen LogP contribution in [-0.4, -0.2) is 49.5 Å². The van der Waals surface area contributed by atoms with Gasteiger partial charge in [-0.1, -0.05) is 13.8 Å². The summed E-state index contributed by atoms with van der Waals surface area (Å²) in [6.45, 7) is 8.98. The fraction of sp³-hybridized carbons (Fsp3) is 0.259. The van der Waals surface area contributed by atoms with Gasteiger partial charge in [-0.2, -0.15) is 0 Å². The van der Waals surface area contributed by atoms with E-state index in [4.69, 9.17) is 4.98 Å². The zero-order chi connectivity index (χ0) is 24.9. The SMILES string of the molecule is CN1C(=O)/C(=C/c2cc3c(s2)N2c4ncccc4C(C)(C)c4cccc(c42)C3(C)C)C(=O)N=C1[Se]. The second-order valence-corrected chi connectivity index (χ2v) is 12.0. The van der Waals surface area contributed by atoms with Crippen molar-refractivity contribution in [2.45, 2.75) is 38.5 Å². The van der Waals surface area contributed by atoms with E-state index in [0.29, 0.717) is 0 Å². The predicted molar refractivity (Wildman–Crippen MR) is 140 cm³/mol. The van der Waals surface area contributed by atoms with Crippen molar-refractivity contribution in [3.8, 4) is 0 Å². The number of amides is 2. The molecular formula is C27H23N4O2SSe. The molecule has 35 heavy (non-hydrogen) atoms. The summed E-state index contributed by atoms with van der Waals surface area (Å²) in [5.41, 5.74) is 5.61. The average molecular weight is 547 g/mol. The Labute approximate surface area is 216 Å². The third-order valence-corrected chi connectivity index (χ3v) is 9.26. The van der Waals surface area contributed by atoms with Crippen molar-refractivity contribution >= 4 is 66.5 Å². The van der Waals surface area contributed by atoms with Crippen molar-refractivity contribution < 1.29 is 9.59 Å². The number of carbonyl (C=O) groups excluding carboxylic acids is 2. The number of rotatable bonds is 1. The number of anilines is 3. The molecule has 0 unspecified atom stereocenters. The topological polar surface area (TPSA) is 65.9 Å². The Bertz CT molecular complexity index is 1530. The molecule has 3 aliphatic rings. The number of likely N-dealkylation sites (N-methyl/N-ethyl adjacent to an activating group) is 1. The van der Waals surface area contributed by atoms with E-state index in [-0.39, 0.29) is 27.0 Å². The van der Waals surface area contributed by atoms with Gasteiger partial charge in [-0.25, -0.2) is 0 Å². The van der Waals surface area contributed by atoms with Crippen molar-refractivity contribution in [2.75, 3.05) is 11.9 Å². The summed E-state index contributed by atoms with van der Waals surface area (Å²) in [5.74, 6) is 0.0436. The molecule has 175 valence electrons. The Morgan fingerprint density at radius 2 is 1.63 bits per heavy atom. The van der Waals surface area contributed by atoms with Crippen LogP contribution in [0.5, 0.6) is 0 Å². The Morgan fingerprint density at radius 3 is 2.34 bits per heavy atom. The molecule has 0 aliphatic carbocycles. The zero-order valence-electron chi connectivity index (χ0n) is 20.0. The Hall–Kier alpha value is -3.06. The summed E-state index contributed by atoms with van der Waals surface area (Å²) >= 11 is 4.24. The van der Waals surface area contributed by atoms with Gasteiger partial charge in [0.05, 0.1) is 0 Å². The van der Waals surface area contributed by atoms with Crippen molar-refractivity contribution in [3.63, 3.8) is 0 Å². The van der Waals surface area contributed by atoms with Gasteiger partial charge in [-0.3, -0.25) is 0 Å². The van der Waals surface area contributed by atoms with Crippen molar-refractivity contribution in [3.05, 3.63) is 75.3 Å². The minimum absolute atomic E-state index is 0.0689. The van der Waals surface area contributed by atoms with E-state index in [9.17, 15) is 9.59 Å². The number of aliphatic imine (C=N–C) groups is 1. The van der Waals surface area contributed by atoms with Crippen LogP contribution in [0.1, 0.15) is 54.8 Å². The molecule has 5 heterocycles. The Morgan fingerprint density at radius 1 is 0.971 bits per heavy atom. The van der Waals surface area contributed by atoms with Crippen LogP contribution < -0.4 is 4.90 Å². The van der Waals surface area contributed by atoms with E-state index in [1.165, 1.54) is 27.3 Å². The summed E-state index contributed by atoms with van der Waals surface area (Å²) in [6, 6.07) is 12.8. The van der Waals surface area contributed by atoms with Crippen molar-refractivity contribution in [2.24, 2.45) is 4.99 Å². The summed E-state index contributed by atoms with van der Waals surface area (Å²) < 4.78 is 0.283. The van der Waals surface area contributed by atoms with E-state index < -0.39 is 5.91 Å². The van der Waals surface area contributed by atoms with Crippen molar-refractivity contribution in [1.29, 1.82) is 0 Å². The van der Waals surface area contributed by atoms with Crippen LogP contribution in [0, 0.1) is 0 Å². The molecule has 0 N–H and O–H groups in total. The normalized spacial score (nSPS) is 20.4. The number of hydrogen-bond donors (Lipinski definition) is 0. The first-order valence-electron chi connectivity index (χ1n) is 11.4. The van der Waals surface area contributed by atoms with Crippen LogP contribution in [0.25, 0.3) is 6.08 Å². The number of fused-ring (bicyclic) bond motifs is 4. The molecule has 0 spiro atoms. The number of nitrogens with zero attached hydrogens (tertiary/aromatic N) is 4. The van der Waals surface area contributed by atoms with Crippen LogP contribution in [0.3, 0.4) is 0 Å². The van der Waals surface area contributed by atoms with Gasteiger partial charge >= 0.3 is 197 Å². The first-order chi connectivity index (χ1) is 16.5. The molecule has 0 bridgehead atoms. The molecule has 0 saturated carbocycles. The summed E-state index contributed by atoms with van der Waals surface area (Å²) in [6.07, 6.45) is 3.51. The zero-order valence-corrected chi connectivity index (χ0v) is 22.6. The monoisotopic (exact) mass is 547 g/mol. The minimum atomic E-state index is -0.523. The molecule has 3 aliphatic heterocycles. The number of amidine groups is 1. The molecule has 8 heteroatoms. The van der Waals surface area contributed by atoms with Crippen LogP contribution in [0.15, 0.2) is 53.2 Å². The van der Waals surface area contributed by atoms with Gasteiger partial charge in [0.15, 0.2) is 0 Å². The molecule has 6 rings (SSSR count). The van der Waals surface area contributed by atoms with E-state index in [1.807, 2.05) is 12.3 Å².